The summed E-state index contributed by atoms with van der Waals surface area (Å²) in [6.07, 6.45) is 4.98. The predicted molar refractivity (Wildman–Crippen MR) is 83.2 cm³/mol. The Balaban J connectivity index is 2.27. The fraction of sp³-hybridized carbons (Fsp3) is 0.333. The molecule has 0 spiro atoms. The summed E-state index contributed by atoms with van der Waals surface area (Å²) in [5.41, 5.74) is 1.08. The minimum Gasteiger partial charge on any atom is -0.507 e. The van der Waals surface area contributed by atoms with E-state index in [0.29, 0.717) is 5.56 Å². The average molecular weight is 284 g/mol. The van der Waals surface area contributed by atoms with E-state index in [1.54, 1.807) is 24.3 Å². The molecular formula is C18H20O3. The second-order valence-corrected chi connectivity index (χ2v) is 6.47. The Morgan fingerprint density at radius 3 is 2.24 bits per heavy atom. The zero-order valence-electron chi connectivity index (χ0n) is 12.6. The summed E-state index contributed by atoms with van der Waals surface area (Å²) < 4.78 is 0. The van der Waals surface area contributed by atoms with Gasteiger partial charge in [-0.1, -0.05) is 57.2 Å². The zero-order valence-corrected chi connectivity index (χ0v) is 12.6. The number of aliphatic hydroxyl groups excluding tert-OH is 1. The molecule has 0 radical (unpaired) electrons. The summed E-state index contributed by atoms with van der Waals surface area (Å²) in [7, 11) is 0. The van der Waals surface area contributed by atoms with Crippen molar-refractivity contribution in [1.29, 1.82) is 0 Å². The van der Waals surface area contributed by atoms with Crippen molar-refractivity contribution in [2.75, 3.05) is 0 Å². The van der Waals surface area contributed by atoms with Crippen molar-refractivity contribution in [1.82, 2.24) is 0 Å². The number of aliphatic hydroxyl groups is 1. The first kappa shape index (κ1) is 15.2. The van der Waals surface area contributed by atoms with Crippen LogP contribution in [0.3, 0.4) is 0 Å². The molecule has 0 heterocycles. The molecule has 2 rings (SSSR count). The molecule has 110 valence electrons. The molecule has 1 N–H and O–H groups in total. The zero-order chi connectivity index (χ0) is 15.6. The van der Waals surface area contributed by atoms with Crippen LogP contribution in [-0.2, 0) is 4.79 Å². The van der Waals surface area contributed by atoms with Gasteiger partial charge in [0.2, 0.25) is 11.6 Å². The fourth-order valence-electron chi connectivity index (χ4n) is 2.24. The van der Waals surface area contributed by atoms with Gasteiger partial charge in [0.15, 0.2) is 0 Å². The summed E-state index contributed by atoms with van der Waals surface area (Å²) in [5, 5.41) is 10.2. The Bertz CT molecular complexity index is 643. The Morgan fingerprint density at radius 2 is 1.62 bits per heavy atom. The highest BCUT2D eigenvalue weighted by Crippen LogP contribution is 2.29. The van der Waals surface area contributed by atoms with Crippen molar-refractivity contribution >= 4 is 17.3 Å². The third-order valence-corrected chi connectivity index (χ3v) is 3.41. The van der Waals surface area contributed by atoms with Crippen molar-refractivity contribution < 1.29 is 14.7 Å². The molecule has 0 unspecified atom stereocenters. The molecule has 0 atom stereocenters. The number of hydrogen-bond donors (Lipinski definition) is 1. The van der Waals surface area contributed by atoms with Crippen LogP contribution in [0.2, 0.25) is 0 Å². The van der Waals surface area contributed by atoms with Crippen LogP contribution >= 0.6 is 0 Å². The molecule has 1 aliphatic rings. The third-order valence-electron chi connectivity index (χ3n) is 3.41. The smallest absolute Gasteiger partial charge is 0.234 e. The van der Waals surface area contributed by atoms with Gasteiger partial charge in [-0.15, -0.1) is 0 Å². The van der Waals surface area contributed by atoms with E-state index in [0.717, 1.165) is 6.42 Å². The Kier molecular flexibility index (Phi) is 4.12. The molecule has 0 saturated heterocycles. The van der Waals surface area contributed by atoms with Crippen LogP contribution in [-0.4, -0.2) is 16.7 Å². The largest absolute Gasteiger partial charge is 0.507 e. The lowest BCUT2D eigenvalue weighted by Gasteiger charge is -2.17. The maximum absolute atomic E-state index is 12.1. The quantitative estimate of drug-likeness (QED) is 0.671. The van der Waals surface area contributed by atoms with Crippen molar-refractivity contribution in [3.63, 3.8) is 0 Å². The van der Waals surface area contributed by atoms with Crippen molar-refractivity contribution in [3.05, 3.63) is 53.1 Å². The number of carbonyl (C=O) groups excluding carboxylic acids is 2. The standard InChI is InChI=1S/C18H20O3/c1-18(2,3)11-7-6-10-14-15(19)12-8-4-5-9-13(12)16(20)17(14)21/h4-9,19H,10-11H2,1-3H3. The van der Waals surface area contributed by atoms with E-state index in [4.69, 9.17) is 0 Å². The first-order chi connectivity index (χ1) is 9.81. The highest BCUT2D eigenvalue weighted by molar-refractivity contribution is 6.52. The van der Waals surface area contributed by atoms with Crippen molar-refractivity contribution in [2.24, 2.45) is 5.41 Å². The Morgan fingerprint density at radius 1 is 1.00 bits per heavy atom. The monoisotopic (exact) mass is 284 g/mol. The van der Waals surface area contributed by atoms with Gasteiger partial charge < -0.3 is 5.11 Å². The number of hydrogen-bond acceptors (Lipinski definition) is 3. The van der Waals surface area contributed by atoms with Crippen LogP contribution < -0.4 is 0 Å². The number of ketones is 2. The van der Waals surface area contributed by atoms with Gasteiger partial charge in [-0.05, 0) is 18.3 Å². The Labute approximate surface area is 125 Å². The number of rotatable bonds is 3. The summed E-state index contributed by atoms with van der Waals surface area (Å²) in [4.78, 5) is 24.1. The highest BCUT2D eigenvalue weighted by Gasteiger charge is 2.31. The molecule has 3 heteroatoms. The average Bonchev–Trinajstić information content (AvgIpc) is 2.43. The highest BCUT2D eigenvalue weighted by atomic mass is 16.3. The third kappa shape index (κ3) is 3.30. The van der Waals surface area contributed by atoms with Crippen LogP contribution in [0.4, 0.5) is 0 Å². The molecule has 0 aromatic heterocycles. The van der Waals surface area contributed by atoms with Crippen LogP contribution in [0, 0.1) is 5.41 Å². The van der Waals surface area contributed by atoms with Crippen LogP contribution in [0.5, 0.6) is 0 Å². The van der Waals surface area contributed by atoms with E-state index in [2.05, 4.69) is 20.8 Å². The summed E-state index contributed by atoms with van der Waals surface area (Å²) in [6, 6.07) is 6.66. The second-order valence-electron chi connectivity index (χ2n) is 6.47. The van der Waals surface area contributed by atoms with E-state index in [9.17, 15) is 14.7 Å². The summed E-state index contributed by atoms with van der Waals surface area (Å²) >= 11 is 0. The van der Waals surface area contributed by atoms with Gasteiger partial charge in [-0.2, -0.15) is 0 Å². The van der Waals surface area contributed by atoms with Gasteiger partial charge in [0.25, 0.3) is 0 Å². The van der Waals surface area contributed by atoms with E-state index in [1.165, 1.54) is 0 Å². The number of carbonyl (C=O) groups is 2. The molecule has 1 aliphatic carbocycles. The lowest BCUT2D eigenvalue weighted by atomic mass is 9.86. The van der Waals surface area contributed by atoms with Gasteiger partial charge in [0.1, 0.15) is 5.76 Å². The lowest BCUT2D eigenvalue weighted by molar-refractivity contribution is -0.112. The molecule has 0 amide bonds. The van der Waals surface area contributed by atoms with Crippen molar-refractivity contribution in [2.45, 2.75) is 33.6 Å². The molecule has 1 aromatic carbocycles. The SMILES string of the molecule is CC(C)(C)CC=CCC1=C(O)c2ccccc2C(=O)C1=O. The molecule has 21 heavy (non-hydrogen) atoms. The van der Waals surface area contributed by atoms with Gasteiger partial charge in [-0.3, -0.25) is 9.59 Å². The summed E-state index contributed by atoms with van der Waals surface area (Å²) in [5.74, 6) is -1.22. The molecule has 1 aromatic rings. The number of allylic oxidation sites excluding steroid dienone is 3. The first-order valence-corrected chi connectivity index (χ1v) is 7.07. The minimum atomic E-state index is -0.605. The minimum absolute atomic E-state index is 0.0735. The number of benzene rings is 1. The first-order valence-electron chi connectivity index (χ1n) is 7.07. The molecule has 0 saturated carbocycles. The molecular weight excluding hydrogens is 264 g/mol. The van der Waals surface area contributed by atoms with Gasteiger partial charge in [0.05, 0.1) is 0 Å². The van der Waals surface area contributed by atoms with E-state index in [-0.39, 0.29) is 28.7 Å². The molecule has 0 aliphatic heterocycles. The number of Topliss-reactive ketones (excluding diaryl/α,β-unsaturated/α-hetero) is 2. The summed E-state index contributed by atoms with van der Waals surface area (Å²) in [6.45, 7) is 6.37. The molecule has 0 bridgehead atoms. The topological polar surface area (TPSA) is 54.4 Å². The maximum atomic E-state index is 12.1. The maximum Gasteiger partial charge on any atom is 0.234 e. The van der Waals surface area contributed by atoms with E-state index in [1.807, 2.05) is 12.2 Å². The predicted octanol–water partition coefficient (Wildman–Crippen LogP) is 4.10. The van der Waals surface area contributed by atoms with Gasteiger partial charge >= 0.3 is 0 Å². The molecule has 0 fully saturated rings. The normalized spacial score (nSPS) is 15.8. The van der Waals surface area contributed by atoms with E-state index >= 15 is 0 Å². The molecule has 3 nitrogen and oxygen atoms in total. The van der Waals surface area contributed by atoms with Gasteiger partial charge in [0, 0.05) is 16.7 Å². The fourth-order valence-corrected chi connectivity index (χ4v) is 2.24. The lowest BCUT2D eigenvalue weighted by Crippen LogP contribution is -2.23. The second kappa shape index (κ2) is 5.68. The van der Waals surface area contributed by atoms with Gasteiger partial charge in [-0.25, -0.2) is 0 Å². The van der Waals surface area contributed by atoms with Crippen molar-refractivity contribution in [3.8, 4) is 0 Å². The number of fused-ring (bicyclic) bond motifs is 1. The Hall–Kier alpha value is -2.16. The van der Waals surface area contributed by atoms with Crippen LogP contribution in [0.1, 0.15) is 49.5 Å². The van der Waals surface area contributed by atoms with E-state index < -0.39 is 11.6 Å². The van der Waals surface area contributed by atoms with Crippen LogP contribution in [0.25, 0.3) is 5.76 Å². The van der Waals surface area contributed by atoms with Crippen LogP contribution in [0.15, 0.2) is 42.0 Å².